The van der Waals surface area contributed by atoms with E-state index in [-0.39, 0.29) is 11.9 Å². The number of aryl methyl sites for hydroxylation is 2. The first-order valence-electron chi connectivity index (χ1n) is 8.47. The second-order valence-corrected chi connectivity index (χ2v) is 6.93. The van der Waals surface area contributed by atoms with Crippen molar-refractivity contribution in [3.05, 3.63) is 53.6 Å². The molecule has 0 unspecified atom stereocenters. The molecule has 1 aliphatic carbocycles. The normalized spacial score (nSPS) is 15.5. The Kier molecular flexibility index (Phi) is 4.71. The number of aromatic nitrogens is 2. The van der Waals surface area contributed by atoms with Crippen molar-refractivity contribution in [1.82, 2.24) is 19.4 Å². The fourth-order valence-electron chi connectivity index (χ4n) is 3.13. The number of likely N-dealkylation sites (N-methyl/N-ethyl adjacent to an activating group) is 1. The van der Waals surface area contributed by atoms with Crippen LogP contribution in [0.15, 0.2) is 36.7 Å². The largest absolute Gasteiger partial charge is 0.337 e. The molecule has 24 heavy (non-hydrogen) atoms. The van der Waals surface area contributed by atoms with Crippen LogP contribution in [0, 0.1) is 6.92 Å². The predicted octanol–water partition coefficient (Wildman–Crippen LogP) is 2.52. The van der Waals surface area contributed by atoms with Gasteiger partial charge in [0.25, 0.3) is 0 Å². The van der Waals surface area contributed by atoms with Crippen LogP contribution in [0.2, 0.25) is 0 Å². The fraction of sp³-hybridized carbons (Fsp3) is 0.474. The molecule has 1 heterocycles. The Labute approximate surface area is 143 Å². The van der Waals surface area contributed by atoms with E-state index < -0.39 is 0 Å². The Morgan fingerprint density at radius 3 is 2.67 bits per heavy atom. The number of imidazole rings is 1. The van der Waals surface area contributed by atoms with Crippen molar-refractivity contribution in [2.24, 2.45) is 7.05 Å². The molecule has 5 heteroatoms. The Morgan fingerprint density at radius 2 is 2.12 bits per heavy atom. The molecule has 0 spiro atoms. The first-order valence-corrected chi connectivity index (χ1v) is 8.47. The second-order valence-electron chi connectivity index (χ2n) is 6.93. The van der Waals surface area contributed by atoms with E-state index in [2.05, 4.69) is 24.0 Å². The lowest BCUT2D eigenvalue weighted by atomic mass is 10.0. The molecule has 1 aliphatic rings. The van der Waals surface area contributed by atoms with Gasteiger partial charge in [-0.3, -0.25) is 9.69 Å². The van der Waals surface area contributed by atoms with Gasteiger partial charge in [-0.25, -0.2) is 4.98 Å². The Morgan fingerprint density at radius 1 is 1.38 bits per heavy atom. The highest BCUT2D eigenvalue weighted by Crippen LogP contribution is 2.32. The number of carbonyl (C=O) groups is 1. The van der Waals surface area contributed by atoms with Gasteiger partial charge in [0.05, 0.1) is 6.54 Å². The van der Waals surface area contributed by atoms with Gasteiger partial charge in [-0.2, -0.15) is 0 Å². The van der Waals surface area contributed by atoms with Crippen molar-refractivity contribution in [2.45, 2.75) is 38.4 Å². The van der Waals surface area contributed by atoms with Crippen molar-refractivity contribution in [1.29, 1.82) is 0 Å². The van der Waals surface area contributed by atoms with Gasteiger partial charge in [-0.15, -0.1) is 0 Å². The molecule has 0 N–H and O–H groups in total. The lowest BCUT2D eigenvalue weighted by molar-refractivity contribution is -0.137. The molecule has 1 aromatic heterocycles. The van der Waals surface area contributed by atoms with E-state index in [1.54, 1.807) is 6.20 Å². The number of hydrogen-bond acceptors (Lipinski definition) is 3. The topological polar surface area (TPSA) is 41.4 Å². The zero-order chi connectivity index (χ0) is 17.3. The highest BCUT2D eigenvalue weighted by atomic mass is 16.2. The van der Waals surface area contributed by atoms with Crippen LogP contribution >= 0.6 is 0 Å². The molecule has 1 atom stereocenters. The zero-order valence-electron chi connectivity index (χ0n) is 14.9. The van der Waals surface area contributed by atoms with Crippen LogP contribution in [0.3, 0.4) is 0 Å². The maximum absolute atomic E-state index is 13.4. The van der Waals surface area contributed by atoms with Crippen LogP contribution in [-0.2, 0) is 18.4 Å². The molecule has 1 saturated carbocycles. The van der Waals surface area contributed by atoms with E-state index >= 15 is 0 Å². The minimum Gasteiger partial charge on any atom is -0.337 e. The molecule has 0 bridgehead atoms. The van der Waals surface area contributed by atoms with Crippen molar-refractivity contribution >= 4 is 5.91 Å². The maximum atomic E-state index is 13.4. The average molecular weight is 326 g/mol. The minimum atomic E-state index is -0.259. The van der Waals surface area contributed by atoms with E-state index in [9.17, 15) is 4.79 Å². The summed E-state index contributed by atoms with van der Waals surface area (Å²) < 4.78 is 1.99. The molecule has 1 aromatic carbocycles. The molecule has 128 valence electrons. The Balaban J connectivity index is 1.88. The highest BCUT2D eigenvalue weighted by Gasteiger charge is 2.37. The van der Waals surface area contributed by atoms with Crippen LogP contribution in [0.25, 0.3) is 0 Å². The van der Waals surface area contributed by atoms with E-state index in [1.807, 2.05) is 53.8 Å². The van der Waals surface area contributed by atoms with Gasteiger partial charge in [-0.05, 0) is 39.4 Å². The zero-order valence-corrected chi connectivity index (χ0v) is 14.9. The summed E-state index contributed by atoms with van der Waals surface area (Å²) >= 11 is 0. The predicted molar refractivity (Wildman–Crippen MR) is 94.4 cm³/mol. The number of hydrogen-bond donors (Lipinski definition) is 0. The van der Waals surface area contributed by atoms with Gasteiger partial charge in [0, 0.05) is 25.5 Å². The summed E-state index contributed by atoms with van der Waals surface area (Å²) in [7, 11) is 5.91. The first-order chi connectivity index (χ1) is 11.5. The van der Waals surface area contributed by atoms with Crippen LogP contribution < -0.4 is 0 Å². The van der Waals surface area contributed by atoms with Gasteiger partial charge in [0.2, 0.25) is 5.91 Å². The van der Waals surface area contributed by atoms with Crippen LogP contribution in [-0.4, -0.2) is 45.4 Å². The van der Waals surface area contributed by atoms with Crippen molar-refractivity contribution in [3.8, 4) is 0 Å². The number of rotatable bonds is 6. The molecule has 0 aliphatic heterocycles. The van der Waals surface area contributed by atoms with Crippen molar-refractivity contribution < 1.29 is 4.79 Å². The third-order valence-corrected chi connectivity index (χ3v) is 4.61. The third-order valence-electron chi connectivity index (χ3n) is 4.61. The third kappa shape index (κ3) is 3.51. The summed E-state index contributed by atoms with van der Waals surface area (Å²) in [5.74, 6) is 1.09. The van der Waals surface area contributed by atoms with Gasteiger partial charge >= 0.3 is 0 Å². The van der Waals surface area contributed by atoms with Crippen molar-refractivity contribution in [2.75, 3.05) is 14.1 Å². The van der Waals surface area contributed by atoms with Gasteiger partial charge < -0.3 is 9.47 Å². The molecule has 1 amide bonds. The Bertz CT molecular complexity index is 718. The van der Waals surface area contributed by atoms with Crippen molar-refractivity contribution in [3.63, 3.8) is 0 Å². The summed E-state index contributed by atoms with van der Waals surface area (Å²) in [5.41, 5.74) is 2.23. The molecule has 3 rings (SSSR count). The van der Waals surface area contributed by atoms with E-state index in [0.29, 0.717) is 12.6 Å². The summed E-state index contributed by atoms with van der Waals surface area (Å²) in [6, 6.07) is 8.32. The molecular formula is C19H26N4O. The van der Waals surface area contributed by atoms with Crippen LogP contribution in [0.5, 0.6) is 0 Å². The highest BCUT2D eigenvalue weighted by molar-refractivity contribution is 5.84. The smallest absolute Gasteiger partial charge is 0.245 e. The summed E-state index contributed by atoms with van der Waals surface area (Å²) in [5, 5.41) is 0. The SMILES string of the molecule is Cc1cccc([C@H](C(=O)N(Cc2nccn2C)C2CC2)N(C)C)c1. The van der Waals surface area contributed by atoms with Crippen LogP contribution in [0.4, 0.5) is 0 Å². The Hall–Kier alpha value is -2.14. The molecule has 0 saturated heterocycles. The standard InChI is InChI=1S/C19H26N4O/c1-14-6-5-7-15(12-14)18(21(2)3)19(24)23(16-8-9-16)13-17-20-10-11-22(17)4/h5-7,10-12,16,18H,8-9,13H2,1-4H3/t18-/m1/s1. The monoisotopic (exact) mass is 326 g/mol. The fourth-order valence-corrected chi connectivity index (χ4v) is 3.13. The average Bonchev–Trinajstić information content (AvgIpc) is 3.28. The first kappa shape index (κ1) is 16.7. The number of nitrogens with zero attached hydrogens (tertiary/aromatic N) is 4. The molecule has 1 fully saturated rings. The van der Waals surface area contributed by atoms with Gasteiger partial charge in [0.15, 0.2) is 0 Å². The summed E-state index contributed by atoms with van der Waals surface area (Å²) in [4.78, 5) is 21.8. The quantitative estimate of drug-likeness (QED) is 0.819. The van der Waals surface area contributed by atoms with E-state index in [0.717, 1.165) is 24.2 Å². The van der Waals surface area contributed by atoms with Gasteiger partial charge in [-0.1, -0.05) is 29.8 Å². The minimum absolute atomic E-state index is 0.163. The summed E-state index contributed by atoms with van der Waals surface area (Å²) in [6.45, 7) is 2.64. The summed E-state index contributed by atoms with van der Waals surface area (Å²) in [6.07, 6.45) is 5.89. The molecule has 2 aromatic rings. The number of amides is 1. The van der Waals surface area contributed by atoms with Crippen LogP contribution in [0.1, 0.15) is 35.8 Å². The maximum Gasteiger partial charge on any atom is 0.245 e. The number of benzene rings is 1. The van der Waals surface area contributed by atoms with E-state index in [4.69, 9.17) is 0 Å². The lowest BCUT2D eigenvalue weighted by Gasteiger charge is -2.31. The van der Waals surface area contributed by atoms with Gasteiger partial charge in [0.1, 0.15) is 11.9 Å². The number of carbonyl (C=O) groups excluding carboxylic acids is 1. The molecule has 5 nitrogen and oxygen atoms in total. The lowest BCUT2D eigenvalue weighted by Crippen LogP contribution is -2.41. The molecular weight excluding hydrogens is 300 g/mol. The van der Waals surface area contributed by atoms with E-state index in [1.165, 1.54) is 5.56 Å². The second kappa shape index (κ2) is 6.77. The molecule has 0 radical (unpaired) electrons.